The minimum atomic E-state index is -4.38. The van der Waals surface area contributed by atoms with Crippen molar-refractivity contribution in [2.24, 2.45) is 0 Å². The van der Waals surface area contributed by atoms with Crippen molar-refractivity contribution in [3.8, 4) is 22.9 Å². The highest BCUT2D eigenvalue weighted by Gasteiger charge is 2.30. The van der Waals surface area contributed by atoms with Gasteiger partial charge in [0.15, 0.2) is 11.5 Å². The van der Waals surface area contributed by atoms with Crippen LogP contribution in [-0.2, 0) is 19.3 Å². The zero-order valence-electron chi connectivity index (χ0n) is 15.6. The molecule has 0 spiro atoms. The van der Waals surface area contributed by atoms with E-state index in [1.54, 1.807) is 0 Å². The van der Waals surface area contributed by atoms with Crippen molar-refractivity contribution >= 4 is 0 Å². The van der Waals surface area contributed by atoms with Gasteiger partial charge in [0.05, 0.1) is 12.1 Å². The van der Waals surface area contributed by atoms with E-state index in [9.17, 15) is 13.2 Å². The van der Waals surface area contributed by atoms with Crippen molar-refractivity contribution in [2.45, 2.75) is 26.2 Å². The molecule has 0 atom stereocenters. The summed E-state index contributed by atoms with van der Waals surface area (Å²) in [6.45, 7) is 4.04. The molecule has 0 N–H and O–H groups in total. The molecule has 9 heteroatoms. The van der Waals surface area contributed by atoms with Crippen LogP contribution in [0, 0.1) is 0 Å². The average Bonchev–Trinajstić information content (AvgIpc) is 3.36. The Bertz CT molecular complexity index is 987. The maximum absolute atomic E-state index is 12.7. The van der Waals surface area contributed by atoms with Gasteiger partial charge < -0.3 is 14.0 Å². The summed E-state index contributed by atoms with van der Waals surface area (Å²) in [4.78, 5) is 6.41. The lowest BCUT2D eigenvalue weighted by molar-refractivity contribution is -0.137. The molecule has 0 saturated heterocycles. The van der Waals surface area contributed by atoms with Crippen LogP contribution in [0.15, 0.2) is 47.0 Å². The molecule has 0 amide bonds. The fourth-order valence-electron chi connectivity index (χ4n) is 3.01. The highest BCUT2D eigenvalue weighted by Crippen LogP contribution is 2.33. The zero-order valence-corrected chi connectivity index (χ0v) is 15.6. The number of rotatable bonds is 6. The third-order valence-corrected chi connectivity index (χ3v) is 4.59. The number of hydrogen-bond donors (Lipinski definition) is 0. The third kappa shape index (κ3) is 4.34. The van der Waals surface area contributed by atoms with Crippen LogP contribution in [0.3, 0.4) is 0 Å². The van der Waals surface area contributed by atoms with Crippen molar-refractivity contribution in [1.29, 1.82) is 0 Å². The Kier molecular flexibility index (Phi) is 5.14. The predicted octanol–water partition coefficient (Wildman–Crippen LogP) is 4.51. The summed E-state index contributed by atoms with van der Waals surface area (Å²) < 4.78 is 54.1. The lowest BCUT2D eigenvalue weighted by Crippen LogP contribution is -2.22. The molecule has 0 bridgehead atoms. The normalized spacial score (nSPS) is 13.3. The number of ether oxygens (including phenoxy) is 2. The SMILES string of the molecule is CCN(Cc1ccc2c(c1)OCO2)Cc1nc(-c2ccc(C(F)(F)F)cc2)no1. The van der Waals surface area contributed by atoms with Gasteiger partial charge in [-0.05, 0) is 36.4 Å². The van der Waals surface area contributed by atoms with Crippen LogP contribution in [0.2, 0.25) is 0 Å². The molecular formula is C20H18F3N3O3. The maximum atomic E-state index is 12.7. The molecule has 2 aromatic carbocycles. The standard InChI is InChI=1S/C20H18F3N3O3/c1-2-26(10-13-3-8-16-17(9-13)28-12-27-16)11-18-24-19(25-29-18)14-4-6-15(7-5-14)20(21,22)23/h3-9H,2,10-12H2,1H3. The molecule has 6 nitrogen and oxygen atoms in total. The Balaban J connectivity index is 1.43. The van der Waals surface area contributed by atoms with Gasteiger partial charge in [-0.25, -0.2) is 0 Å². The molecule has 1 aliphatic rings. The van der Waals surface area contributed by atoms with Crippen LogP contribution >= 0.6 is 0 Å². The summed E-state index contributed by atoms with van der Waals surface area (Å²) in [7, 11) is 0. The number of halogens is 3. The van der Waals surface area contributed by atoms with E-state index in [0.717, 1.165) is 35.7 Å². The van der Waals surface area contributed by atoms with Crippen LogP contribution in [0.4, 0.5) is 13.2 Å². The second-order valence-corrected chi connectivity index (χ2v) is 6.58. The van der Waals surface area contributed by atoms with Gasteiger partial charge in [0.25, 0.3) is 0 Å². The van der Waals surface area contributed by atoms with Crippen LogP contribution in [0.25, 0.3) is 11.4 Å². The summed E-state index contributed by atoms with van der Waals surface area (Å²) in [6.07, 6.45) is -4.38. The topological polar surface area (TPSA) is 60.6 Å². The molecule has 0 saturated carbocycles. The van der Waals surface area contributed by atoms with E-state index < -0.39 is 11.7 Å². The summed E-state index contributed by atoms with van der Waals surface area (Å²) in [6, 6.07) is 10.5. The molecule has 2 heterocycles. The smallest absolute Gasteiger partial charge is 0.416 e. The number of alkyl halides is 3. The fourth-order valence-corrected chi connectivity index (χ4v) is 3.01. The number of benzene rings is 2. The van der Waals surface area contributed by atoms with Crippen LogP contribution in [0.1, 0.15) is 23.9 Å². The molecule has 29 heavy (non-hydrogen) atoms. The number of hydrogen-bond acceptors (Lipinski definition) is 6. The lowest BCUT2D eigenvalue weighted by atomic mass is 10.1. The highest BCUT2D eigenvalue weighted by atomic mass is 19.4. The summed E-state index contributed by atoms with van der Waals surface area (Å²) in [5.41, 5.74) is 0.802. The van der Waals surface area contributed by atoms with Crippen molar-refractivity contribution < 1.29 is 27.2 Å². The first-order chi connectivity index (χ1) is 13.9. The second-order valence-electron chi connectivity index (χ2n) is 6.58. The molecule has 0 aliphatic carbocycles. The monoisotopic (exact) mass is 405 g/mol. The van der Waals surface area contributed by atoms with E-state index in [2.05, 4.69) is 15.0 Å². The van der Waals surface area contributed by atoms with Crippen molar-refractivity contribution in [3.05, 3.63) is 59.5 Å². The first kappa shape index (κ1) is 19.3. The molecule has 4 rings (SSSR count). The molecular weight excluding hydrogens is 387 g/mol. The lowest BCUT2D eigenvalue weighted by Gasteiger charge is -2.18. The Labute approximate surface area is 164 Å². The van der Waals surface area contributed by atoms with E-state index in [4.69, 9.17) is 14.0 Å². The molecule has 1 aliphatic heterocycles. The Hall–Kier alpha value is -3.07. The van der Waals surface area contributed by atoms with Gasteiger partial charge in [0.2, 0.25) is 18.5 Å². The quantitative estimate of drug-likeness (QED) is 0.602. The van der Waals surface area contributed by atoms with E-state index in [1.807, 2.05) is 25.1 Å². The van der Waals surface area contributed by atoms with Gasteiger partial charge in [-0.2, -0.15) is 18.2 Å². The Morgan fingerprint density at radius 1 is 1.00 bits per heavy atom. The Morgan fingerprint density at radius 2 is 1.76 bits per heavy atom. The van der Waals surface area contributed by atoms with Gasteiger partial charge in [-0.15, -0.1) is 0 Å². The number of fused-ring (bicyclic) bond motifs is 1. The predicted molar refractivity (Wildman–Crippen MR) is 97.1 cm³/mol. The average molecular weight is 405 g/mol. The van der Waals surface area contributed by atoms with E-state index >= 15 is 0 Å². The first-order valence-corrected chi connectivity index (χ1v) is 9.03. The molecule has 0 fully saturated rings. The number of nitrogens with zero attached hydrogens (tertiary/aromatic N) is 3. The maximum Gasteiger partial charge on any atom is 0.416 e. The molecule has 0 unspecified atom stereocenters. The summed E-state index contributed by atoms with van der Waals surface area (Å²) in [5.74, 6) is 2.10. The van der Waals surface area contributed by atoms with Crippen LogP contribution in [-0.4, -0.2) is 28.4 Å². The summed E-state index contributed by atoms with van der Waals surface area (Å²) in [5, 5.41) is 3.89. The van der Waals surface area contributed by atoms with Crippen molar-refractivity contribution in [3.63, 3.8) is 0 Å². The Morgan fingerprint density at radius 3 is 2.48 bits per heavy atom. The molecule has 152 valence electrons. The van der Waals surface area contributed by atoms with Crippen molar-refractivity contribution in [1.82, 2.24) is 15.0 Å². The van der Waals surface area contributed by atoms with Crippen molar-refractivity contribution in [2.75, 3.05) is 13.3 Å². The summed E-state index contributed by atoms with van der Waals surface area (Å²) >= 11 is 0. The minimum Gasteiger partial charge on any atom is -0.454 e. The van der Waals surface area contributed by atoms with Gasteiger partial charge in [-0.1, -0.05) is 30.3 Å². The zero-order chi connectivity index (χ0) is 20.4. The van der Waals surface area contributed by atoms with Gasteiger partial charge >= 0.3 is 6.18 Å². The largest absolute Gasteiger partial charge is 0.454 e. The van der Waals surface area contributed by atoms with E-state index in [-0.39, 0.29) is 12.6 Å². The van der Waals surface area contributed by atoms with Crippen LogP contribution in [0.5, 0.6) is 11.5 Å². The van der Waals surface area contributed by atoms with Gasteiger partial charge in [0, 0.05) is 12.1 Å². The minimum absolute atomic E-state index is 0.227. The fraction of sp³-hybridized carbons (Fsp3) is 0.300. The van der Waals surface area contributed by atoms with Crippen LogP contribution < -0.4 is 9.47 Å². The van der Waals surface area contributed by atoms with Gasteiger partial charge in [0.1, 0.15) is 0 Å². The van der Waals surface area contributed by atoms with E-state index in [0.29, 0.717) is 24.5 Å². The van der Waals surface area contributed by atoms with Gasteiger partial charge in [-0.3, -0.25) is 4.90 Å². The second kappa shape index (κ2) is 7.75. The molecule has 0 radical (unpaired) electrons. The first-order valence-electron chi connectivity index (χ1n) is 9.03. The third-order valence-electron chi connectivity index (χ3n) is 4.59. The van der Waals surface area contributed by atoms with E-state index in [1.165, 1.54) is 12.1 Å². The molecule has 3 aromatic rings. The highest BCUT2D eigenvalue weighted by molar-refractivity contribution is 5.54. The molecule has 1 aromatic heterocycles. The number of aromatic nitrogens is 2.